The molecular formula is C11H22N2. The number of hydrogen-bond acceptors (Lipinski definition) is 2. The molecule has 0 atom stereocenters. The topological polar surface area (TPSA) is 15.3 Å². The molecule has 0 rings (SSSR count). The van der Waals surface area contributed by atoms with Crippen LogP contribution in [0, 0.1) is 12.3 Å². The molecule has 0 unspecified atom stereocenters. The highest BCUT2D eigenvalue weighted by molar-refractivity contribution is 4.86. The third-order valence-electron chi connectivity index (χ3n) is 1.93. The molecular weight excluding hydrogens is 160 g/mol. The fraction of sp³-hybridized carbons (Fsp3) is 0.818. The minimum atomic E-state index is 0.766. The monoisotopic (exact) mass is 182 g/mol. The average molecular weight is 182 g/mol. The second kappa shape index (κ2) is 9.57. The van der Waals surface area contributed by atoms with Crippen LogP contribution >= 0.6 is 0 Å². The van der Waals surface area contributed by atoms with Crippen molar-refractivity contribution in [2.75, 3.05) is 33.2 Å². The first-order chi connectivity index (χ1) is 6.31. The molecule has 0 radical (unpaired) electrons. The molecule has 0 aromatic carbocycles. The Morgan fingerprint density at radius 1 is 1.31 bits per heavy atom. The van der Waals surface area contributed by atoms with Gasteiger partial charge in [-0.15, -0.1) is 6.42 Å². The molecule has 0 aromatic heterocycles. The van der Waals surface area contributed by atoms with Crippen LogP contribution < -0.4 is 5.32 Å². The van der Waals surface area contributed by atoms with Gasteiger partial charge in [0.1, 0.15) is 0 Å². The molecule has 1 N–H and O–H groups in total. The largest absolute Gasteiger partial charge is 0.317 e. The molecule has 76 valence electrons. The van der Waals surface area contributed by atoms with Gasteiger partial charge >= 0.3 is 0 Å². The van der Waals surface area contributed by atoms with Crippen LogP contribution in [0.3, 0.4) is 0 Å². The number of hydrogen-bond donors (Lipinski definition) is 1. The van der Waals surface area contributed by atoms with Crippen molar-refractivity contribution in [2.45, 2.75) is 26.2 Å². The van der Waals surface area contributed by atoms with E-state index in [0.29, 0.717) is 0 Å². The Hall–Kier alpha value is -0.520. The first-order valence-corrected chi connectivity index (χ1v) is 5.14. The smallest absolute Gasteiger partial charge is 0.0596 e. The minimum Gasteiger partial charge on any atom is -0.317 e. The predicted molar refractivity (Wildman–Crippen MR) is 58.7 cm³/mol. The second-order valence-electron chi connectivity index (χ2n) is 3.40. The van der Waals surface area contributed by atoms with Gasteiger partial charge in [0.25, 0.3) is 0 Å². The Kier molecular flexibility index (Phi) is 9.18. The van der Waals surface area contributed by atoms with Crippen LogP contribution in [-0.2, 0) is 0 Å². The zero-order valence-corrected chi connectivity index (χ0v) is 8.97. The van der Waals surface area contributed by atoms with Crippen LogP contribution in [-0.4, -0.2) is 38.1 Å². The Labute approximate surface area is 82.7 Å². The standard InChI is InChI=1S/C11H22N2/c1-4-8-12-9-6-7-11-13(3)10-5-2/h2,12H,4,6-11H2,1,3H3. The van der Waals surface area contributed by atoms with Gasteiger partial charge in [-0.2, -0.15) is 0 Å². The average Bonchev–Trinajstić information content (AvgIpc) is 2.11. The summed E-state index contributed by atoms with van der Waals surface area (Å²) < 4.78 is 0. The van der Waals surface area contributed by atoms with E-state index in [0.717, 1.165) is 26.2 Å². The number of nitrogens with one attached hydrogen (secondary N) is 1. The Balaban J connectivity index is 3.03. The van der Waals surface area contributed by atoms with Crippen molar-refractivity contribution in [3.05, 3.63) is 0 Å². The van der Waals surface area contributed by atoms with Crippen LogP contribution in [0.25, 0.3) is 0 Å². The van der Waals surface area contributed by atoms with Crippen LogP contribution in [0.4, 0.5) is 0 Å². The van der Waals surface area contributed by atoms with Crippen molar-refractivity contribution in [1.82, 2.24) is 10.2 Å². The molecule has 0 bridgehead atoms. The summed E-state index contributed by atoms with van der Waals surface area (Å²) in [5.74, 6) is 2.64. The highest BCUT2D eigenvalue weighted by Gasteiger charge is 1.94. The summed E-state index contributed by atoms with van der Waals surface area (Å²) in [6, 6.07) is 0. The lowest BCUT2D eigenvalue weighted by molar-refractivity contribution is 0.363. The van der Waals surface area contributed by atoms with E-state index in [-0.39, 0.29) is 0 Å². The van der Waals surface area contributed by atoms with E-state index in [9.17, 15) is 0 Å². The molecule has 0 aliphatic rings. The van der Waals surface area contributed by atoms with E-state index >= 15 is 0 Å². The fourth-order valence-electron chi connectivity index (χ4n) is 1.17. The van der Waals surface area contributed by atoms with Gasteiger partial charge in [-0.25, -0.2) is 0 Å². The summed E-state index contributed by atoms with van der Waals surface area (Å²) in [4.78, 5) is 2.18. The molecule has 0 saturated carbocycles. The molecule has 13 heavy (non-hydrogen) atoms. The maximum absolute atomic E-state index is 5.20. The van der Waals surface area contributed by atoms with Gasteiger partial charge < -0.3 is 5.32 Å². The zero-order chi connectivity index (χ0) is 9.94. The Morgan fingerprint density at radius 3 is 2.69 bits per heavy atom. The number of unbranched alkanes of at least 4 members (excludes halogenated alkanes) is 1. The van der Waals surface area contributed by atoms with Gasteiger partial charge in [0.15, 0.2) is 0 Å². The number of nitrogens with zero attached hydrogens (tertiary/aromatic N) is 1. The molecule has 0 amide bonds. The van der Waals surface area contributed by atoms with Crippen LogP contribution in [0.15, 0.2) is 0 Å². The highest BCUT2D eigenvalue weighted by atomic mass is 15.1. The SMILES string of the molecule is C#CCN(C)CCCCNCCC. The minimum absolute atomic E-state index is 0.766. The summed E-state index contributed by atoms with van der Waals surface area (Å²) in [5, 5.41) is 3.38. The summed E-state index contributed by atoms with van der Waals surface area (Å²) in [7, 11) is 2.07. The summed E-state index contributed by atoms with van der Waals surface area (Å²) in [5.41, 5.74) is 0. The third-order valence-corrected chi connectivity index (χ3v) is 1.93. The Morgan fingerprint density at radius 2 is 2.08 bits per heavy atom. The number of rotatable bonds is 8. The third kappa shape index (κ3) is 9.39. The van der Waals surface area contributed by atoms with Gasteiger partial charge in [0.2, 0.25) is 0 Å². The molecule has 0 spiro atoms. The van der Waals surface area contributed by atoms with Crippen molar-refractivity contribution in [3.8, 4) is 12.3 Å². The molecule has 0 saturated heterocycles. The maximum atomic E-state index is 5.20. The maximum Gasteiger partial charge on any atom is 0.0596 e. The van der Waals surface area contributed by atoms with E-state index in [2.05, 4.69) is 30.1 Å². The van der Waals surface area contributed by atoms with Gasteiger partial charge in [0.05, 0.1) is 6.54 Å². The summed E-state index contributed by atoms with van der Waals surface area (Å²) in [6.45, 7) is 6.34. The second-order valence-corrected chi connectivity index (χ2v) is 3.40. The van der Waals surface area contributed by atoms with Crippen molar-refractivity contribution < 1.29 is 0 Å². The molecule has 0 aliphatic carbocycles. The molecule has 2 nitrogen and oxygen atoms in total. The van der Waals surface area contributed by atoms with Gasteiger partial charge in [-0.3, -0.25) is 4.90 Å². The van der Waals surface area contributed by atoms with Gasteiger partial charge in [0, 0.05) is 0 Å². The lowest BCUT2D eigenvalue weighted by Crippen LogP contribution is -2.22. The molecule has 2 heteroatoms. The van der Waals surface area contributed by atoms with Crippen molar-refractivity contribution in [2.24, 2.45) is 0 Å². The molecule has 0 fully saturated rings. The lowest BCUT2D eigenvalue weighted by Gasteiger charge is -2.12. The van der Waals surface area contributed by atoms with Crippen molar-refractivity contribution in [1.29, 1.82) is 0 Å². The van der Waals surface area contributed by atoms with E-state index < -0.39 is 0 Å². The van der Waals surface area contributed by atoms with E-state index in [1.165, 1.54) is 19.3 Å². The van der Waals surface area contributed by atoms with Crippen molar-refractivity contribution in [3.63, 3.8) is 0 Å². The van der Waals surface area contributed by atoms with E-state index in [1.54, 1.807) is 0 Å². The lowest BCUT2D eigenvalue weighted by atomic mass is 10.3. The normalized spacial score (nSPS) is 10.3. The van der Waals surface area contributed by atoms with Gasteiger partial charge in [-0.1, -0.05) is 12.8 Å². The van der Waals surface area contributed by atoms with Crippen LogP contribution in [0.5, 0.6) is 0 Å². The van der Waals surface area contributed by atoms with Crippen LogP contribution in [0.2, 0.25) is 0 Å². The molecule has 0 aromatic rings. The highest BCUT2D eigenvalue weighted by Crippen LogP contribution is 1.90. The Bertz CT molecular complexity index is 138. The van der Waals surface area contributed by atoms with E-state index in [4.69, 9.17) is 6.42 Å². The zero-order valence-electron chi connectivity index (χ0n) is 8.97. The van der Waals surface area contributed by atoms with Crippen molar-refractivity contribution >= 4 is 0 Å². The first kappa shape index (κ1) is 12.5. The van der Waals surface area contributed by atoms with Gasteiger partial charge in [-0.05, 0) is 45.9 Å². The molecule has 0 heterocycles. The predicted octanol–water partition coefficient (Wildman–Crippen LogP) is 1.33. The van der Waals surface area contributed by atoms with E-state index in [1.807, 2.05) is 0 Å². The fourth-order valence-corrected chi connectivity index (χ4v) is 1.17. The quantitative estimate of drug-likeness (QED) is 0.450. The first-order valence-electron chi connectivity index (χ1n) is 5.14. The number of terminal acetylenes is 1. The summed E-state index contributed by atoms with van der Waals surface area (Å²) in [6.07, 6.45) is 8.89. The van der Waals surface area contributed by atoms with Crippen LogP contribution in [0.1, 0.15) is 26.2 Å². The summed E-state index contributed by atoms with van der Waals surface area (Å²) >= 11 is 0. The molecule has 0 aliphatic heterocycles.